The van der Waals surface area contributed by atoms with Crippen LogP contribution < -0.4 is 5.32 Å². The molecule has 1 N–H and O–H groups in total. The van der Waals surface area contributed by atoms with E-state index in [1.54, 1.807) is 0 Å². The zero-order valence-electron chi connectivity index (χ0n) is 12.2. The first-order valence-electron chi connectivity index (χ1n) is 7.35. The molecule has 0 spiro atoms. The van der Waals surface area contributed by atoms with Crippen LogP contribution in [0.4, 0.5) is 5.69 Å². The number of aryl methyl sites for hydroxylation is 1. The Hall–Kier alpha value is -1.55. The number of carbonyl (C=O) groups is 1. The van der Waals surface area contributed by atoms with Gasteiger partial charge in [-0.25, -0.2) is 4.79 Å². The predicted octanol–water partition coefficient (Wildman–Crippen LogP) is 2.29. The molecule has 0 amide bonds. The second kappa shape index (κ2) is 5.44. The molecule has 3 aliphatic heterocycles. The van der Waals surface area contributed by atoms with Gasteiger partial charge in [-0.3, -0.25) is 0 Å². The van der Waals surface area contributed by atoms with Gasteiger partial charge in [-0.1, -0.05) is 6.07 Å². The molecule has 1 unspecified atom stereocenters. The van der Waals surface area contributed by atoms with Crippen LogP contribution in [0.2, 0.25) is 0 Å². The molecule has 1 aromatic rings. The predicted molar refractivity (Wildman–Crippen MR) is 79.1 cm³/mol. The summed E-state index contributed by atoms with van der Waals surface area (Å²) in [5.41, 5.74) is 2.85. The van der Waals surface area contributed by atoms with Crippen LogP contribution in [0.5, 0.6) is 0 Å². The number of nitrogens with one attached hydrogen (secondary N) is 1. The second-order valence-electron chi connectivity index (χ2n) is 5.91. The number of carbonyl (C=O) groups excluding carboxylic acids is 1. The third-order valence-corrected chi connectivity index (χ3v) is 4.66. The number of esters is 1. The van der Waals surface area contributed by atoms with E-state index in [1.807, 2.05) is 18.2 Å². The normalized spacial score (nSPS) is 28.2. The van der Waals surface area contributed by atoms with Gasteiger partial charge in [0.1, 0.15) is 0 Å². The van der Waals surface area contributed by atoms with E-state index in [0.717, 1.165) is 18.2 Å². The van der Waals surface area contributed by atoms with E-state index in [1.165, 1.54) is 38.6 Å². The highest BCUT2D eigenvalue weighted by Crippen LogP contribution is 2.30. The molecule has 0 aromatic heterocycles. The number of benzene rings is 1. The van der Waals surface area contributed by atoms with Gasteiger partial charge in [0.2, 0.25) is 0 Å². The lowest BCUT2D eigenvalue weighted by Gasteiger charge is -2.45. The summed E-state index contributed by atoms with van der Waals surface area (Å²) in [5, 5.41) is 3.65. The van der Waals surface area contributed by atoms with E-state index in [0.29, 0.717) is 11.6 Å². The molecule has 3 heterocycles. The van der Waals surface area contributed by atoms with E-state index in [-0.39, 0.29) is 5.97 Å². The Bertz CT molecular complexity index is 507. The largest absolute Gasteiger partial charge is 0.465 e. The highest BCUT2D eigenvalue weighted by Gasteiger charge is 2.34. The number of methoxy groups -OCH3 is 1. The molecular weight excluding hydrogens is 252 g/mol. The average molecular weight is 274 g/mol. The summed E-state index contributed by atoms with van der Waals surface area (Å²) >= 11 is 0. The molecule has 4 rings (SSSR count). The smallest absolute Gasteiger partial charge is 0.337 e. The van der Waals surface area contributed by atoms with Crippen molar-refractivity contribution in [1.29, 1.82) is 0 Å². The molecule has 4 heteroatoms. The van der Waals surface area contributed by atoms with Gasteiger partial charge in [0.25, 0.3) is 0 Å². The zero-order valence-corrected chi connectivity index (χ0v) is 12.2. The van der Waals surface area contributed by atoms with Crippen LogP contribution in [0, 0.1) is 12.8 Å². The maximum atomic E-state index is 11.6. The van der Waals surface area contributed by atoms with Gasteiger partial charge in [-0.15, -0.1) is 0 Å². The molecule has 108 valence electrons. The molecule has 0 radical (unpaired) electrons. The van der Waals surface area contributed by atoms with Gasteiger partial charge in [0.05, 0.1) is 12.7 Å². The SMILES string of the molecule is COC(=O)c1ccc(C)c(NC2CN3CCC2CC3)c1. The minimum Gasteiger partial charge on any atom is -0.465 e. The third-order valence-electron chi connectivity index (χ3n) is 4.66. The Morgan fingerprint density at radius 1 is 1.35 bits per heavy atom. The number of piperidine rings is 3. The Balaban J connectivity index is 1.78. The minimum atomic E-state index is -0.276. The summed E-state index contributed by atoms with van der Waals surface area (Å²) in [7, 11) is 1.42. The van der Waals surface area contributed by atoms with Crippen molar-refractivity contribution in [3.63, 3.8) is 0 Å². The minimum absolute atomic E-state index is 0.276. The Labute approximate surface area is 120 Å². The fourth-order valence-corrected chi connectivity index (χ4v) is 3.35. The Morgan fingerprint density at radius 2 is 2.10 bits per heavy atom. The topological polar surface area (TPSA) is 41.6 Å². The molecule has 4 nitrogen and oxygen atoms in total. The summed E-state index contributed by atoms with van der Waals surface area (Å²) in [6, 6.07) is 6.22. The Morgan fingerprint density at radius 3 is 2.70 bits per heavy atom. The number of hydrogen-bond acceptors (Lipinski definition) is 4. The number of rotatable bonds is 3. The van der Waals surface area contributed by atoms with E-state index in [2.05, 4.69) is 17.1 Å². The lowest BCUT2D eigenvalue weighted by Crippen LogP contribution is -2.53. The van der Waals surface area contributed by atoms with Crippen LogP contribution in [-0.2, 0) is 4.74 Å². The van der Waals surface area contributed by atoms with Crippen LogP contribution in [0.25, 0.3) is 0 Å². The molecule has 1 atom stereocenters. The van der Waals surface area contributed by atoms with Gasteiger partial charge < -0.3 is 15.0 Å². The van der Waals surface area contributed by atoms with Crippen LogP contribution in [0.15, 0.2) is 18.2 Å². The van der Waals surface area contributed by atoms with Crippen molar-refractivity contribution >= 4 is 11.7 Å². The fraction of sp³-hybridized carbons (Fsp3) is 0.562. The van der Waals surface area contributed by atoms with Gasteiger partial charge in [0.15, 0.2) is 0 Å². The summed E-state index contributed by atoms with van der Waals surface area (Å²) < 4.78 is 4.80. The standard InChI is InChI=1S/C16H22N2O2/c1-11-3-4-13(16(19)20-2)9-14(11)17-15-10-18-7-5-12(15)6-8-18/h3-4,9,12,15,17H,5-8,10H2,1-2H3. The molecule has 0 aliphatic carbocycles. The van der Waals surface area contributed by atoms with Gasteiger partial charge >= 0.3 is 5.97 Å². The molecule has 3 saturated heterocycles. The molecule has 1 aromatic carbocycles. The number of anilines is 1. The third kappa shape index (κ3) is 2.52. The number of nitrogens with zero attached hydrogens (tertiary/aromatic N) is 1. The zero-order chi connectivity index (χ0) is 14.1. The molecule has 0 saturated carbocycles. The van der Waals surface area contributed by atoms with E-state index >= 15 is 0 Å². The summed E-state index contributed by atoms with van der Waals surface area (Å²) in [4.78, 5) is 14.2. The van der Waals surface area contributed by atoms with Crippen LogP contribution in [0.3, 0.4) is 0 Å². The molecule has 3 fully saturated rings. The first kappa shape index (κ1) is 13.4. The highest BCUT2D eigenvalue weighted by molar-refractivity contribution is 5.90. The monoisotopic (exact) mass is 274 g/mol. The lowest BCUT2D eigenvalue weighted by atomic mass is 9.84. The summed E-state index contributed by atoms with van der Waals surface area (Å²) in [6.45, 7) is 5.67. The first-order valence-corrected chi connectivity index (χ1v) is 7.35. The maximum Gasteiger partial charge on any atom is 0.337 e. The van der Waals surface area contributed by atoms with Crippen molar-refractivity contribution in [2.24, 2.45) is 5.92 Å². The first-order chi connectivity index (χ1) is 9.67. The maximum absolute atomic E-state index is 11.6. The summed E-state index contributed by atoms with van der Waals surface area (Å²) in [6.07, 6.45) is 2.57. The number of hydrogen-bond donors (Lipinski definition) is 1. The molecule has 3 aliphatic rings. The van der Waals surface area contributed by atoms with Crippen molar-refractivity contribution in [3.05, 3.63) is 29.3 Å². The molecule has 20 heavy (non-hydrogen) atoms. The van der Waals surface area contributed by atoms with E-state index in [4.69, 9.17) is 4.74 Å². The van der Waals surface area contributed by atoms with Gasteiger partial charge in [-0.05, 0) is 56.5 Å². The van der Waals surface area contributed by atoms with Crippen LogP contribution in [0.1, 0.15) is 28.8 Å². The second-order valence-corrected chi connectivity index (χ2v) is 5.91. The number of fused-ring (bicyclic) bond motifs is 3. The quantitative estimate of drug-likeness (QED) is 0.859. The molecular formula is C16H22N2O2. The van der Waals surface area contributed by atoms with Crippen molar-refractivity contribution in [2.45, 2.75) is 25.8 Å². The average Bonchev–Trinajstić information content (AvgIpc) is 2.50. The van der Waals surface area contributed by atoms with E-state index in [9.17, 15) is 4.79 Å². The van der Waals surface area contributed by atoms with E-state index < -0.39 is 0 Å². The van der Waals surface area contributed by atoms with Crippen molar-refractivity contribution in [2.75, 3.05) is 32.1 Å². The van der Waals surface area contributed by atoms with Crippen LogP contribution >= 0.6 is 0 Å². The van der Waals surface area contributed by atoms with Crippen LogP contribution in [-0.4, -0.2) is 43.7 Å². The van der Waals surface area contributed by atoms with Crippen molar-refractivity contribution in [3.8, 4) is 0 Å². The Kier molecular flexibility index (Phi) is 3.66. The van der Waals surface area contributed by atoms with Crippen molar-refractivity contribution in [1.82, 2.24) is 4.90 Å². The van der Waals surface area contributed by atoms with Crippen molar-refractivity contribution < 1.29 is 9.53 Å². The number of ether oxygens (including phenoxy) is 1. The highest BCUT2D eigenvalue weighted by atomic mass is 16.5. The lowest BCUT2D eigenvalue weighted by molar-refractivity contribution is 0.0600. The fourth-order valence-electron chi connectivity index (χ4n) is 3.35. The molecule has 2 bridgehead atoms. The van der Waals surface area contributed by atoms with Gasteiger partial charge in [0, 0.05) is 18.3 Å². The summed E-state index contributed by atoms with van der Waals surface area (Å²) in [5.74, 6) is 0.489. The van der Waals surface area contributed by atoms with Gasteiger partial charge in [-0.2, -0.15) is 0 Å².